The summed E-state index contributed by atoms with van der Waals surface area (Å²) in [5, 5.41) is 0.784. The fraction of sp³-hybridized carbons (Fsp3) is 0.500. The molecule has 0 unspecified atom stereocenters. The summed E-state index contributed by atoms with van der Waals surface area (Å²) >= 11 is 3.28. The van der Waals surface area contributed by atoms with Gasteiger partial charge in [-0.05, 0) is 6.92 Å². The van der Waals surface area contributed by atoms with Crippen molar-refractivity contribution in [2.75, 3.05) is 23.8 Å². The van der Waals surface area contributed by atoms with E-state index in [4.69, 9.17) is 0 Å². The number of rotatable bonds is 3. The summed E-state index contributed by atoms with van der Waals surface area (Å²) in [7, 11) is 1.80. The Kier molecular flexibility index (Phi) is 3.59. The van der Waals surface area contributed by atoms with Crippen LogP contribution in [0.3, 0.4) is 0 Å². The third-order valence-electron chi connectivity index (χ3n) is 1.73. The average molecular weight is 248 g/mol. The molecule has 3 nitrogen and oxygen atoms in total. The molecule has 0 saturated carbocycles. The van der Waals surface area contributed by atoms with Gasteiger partial charge in [0, 0.05) is 18.9 Å². The highest BCUT2D eigenvalue weighted by molar-refractivity contribution is 9.09. The number of aryl methyl sites for hydroxylation is 1. The number of hydrogen-bond acceptors (Lipinski definition) is 3. The monoisotopic (exact) mass is 247 g/mol. The normalized spacial score (nSPS) is 10.2. The van der Waals surface area contributed by atoms with Gasteiger partial charge in [-0.3, -0.25) is 0 Å². The minimum absolute atomic E-state index is 0.342. The molecule has 0 fully saturated rings. The zero-order chi connectivity index (χ0) is 9.84. The molecule has 13 heavy (non-hydrogen) atoms. The van der Waals surface area contributed by atoms with Gasteiger partial charge in [0.15, 0.2) is 11.6 Å². The molecule has 0 atom stereocenters. The van der Waals surface area contributed by atoms with Gasteiger partial charge in [0.1, 0.15) is 6.33 Å². The number of anilines is 1. The molecule has 1 rings (SSSR count). The maximum Gasteiger partial charge on any atom is 0.186 e. The van der Waals surface area contributed by atoms with E-state index in [-0.39, 0.29) is 5.82 Å². The second-order valence-electron chi connectivity index (χ2n) is 2.71. The van der Waals surface area contributed by atoms with E-state index in [0.29, 0.717) is 18.1 Å². The maximum atomic E-state index is 13.4. The molecule has 0 radical (unpaired) electrons. The van der Waals surface area contributed by atoms with Crippen LogP contribution in [0, 0.1) is 12.7 Å². The molecule has 0 aromatic carbocycles. The largest absolute Gasteiger partial charge is 0.356 e. The Balaban J connectivity index is 2.93. The van der Waals surface area contributed by atoms with Crippen molar-refractivity contribution in [1.29, 1.82) is 0 Å². The van der Waals surface area contributed by atoms with Crippen LogP contribution in [0.5, 0.6) is 0 Å². The van der Waals surface area contributed by atoms with Crippen molar-refractivity contribution in [3.05, 3.63) is 17.8 Å². The molecule has 0 aliphatic heterocycles. The molecule has 1 heterocycles. The van der Waals surface area contributed by atoms with E-state index in [0.717, 1.165) is 5.33 Å². The minimum atomic E-state index is -0.342. The van der Waals surface area contributed by atoms with E-state index in [1.165, 1.54) is 6.33 Å². The highest BCUT2D eigenvalue weighted by atomic mass is 79.9. The summed E-state index contributed by atoms with van der Waals surface area (Å²) in [5.41, 5.74) is 0.381. The van der Waals surface area contributed by atoms with Crippen molar-refractivity contribution >= 4 is 21.7 Å². The molecule has 5 heteroatoms. The van der Waals surface area contributed by atoms with Gasteiger partial charge >= 0.3 is 0 Å². The first-order chi connectivity index (χ1) is 6.16. The van der Waals surface area contributed by atoms with Crippen LogP contribution in [0.4, 0.5) is 10.2 Å². The Morgan fingerprint density at radius 2 is 2.23 bits per heavy atom. The van der Waals surface area contributed by atoms with Gasteiger partial charge in [-0.15, -0.1) is 0 Å². The van der Waals surface area contributed by atoms with Crippen LogP contribution in [0.1, 0.15) is 5.69 Å². The van der Waals surface area contributed by atoms with E-state index >= 15 is 0 Å². The van der Waals surface area contributed by atoms with Crippen LogP contribution in [-0.4, -0.2) is 28.9 Å². The van der Waals surface area contributed by atoms with E-state index in [1.807, 2.05) is 0 Å². The number of aromatic nitrogens is 2. The smallest absolute Gasteiger partial charge is 0.186 e. The lowest BCUT2D eigenvalue weighted by Crippen LogP contribution is -2.22. The molecule has 72 valence electrons. The quantitative estimate of drug-likeness (QED) is 0.763. The van der Waals surface area contributed by atoms with E-state index in [1.54, 1.807) is 18.9 Å². The second-order valence-corrected chi connectivity index (χ2v) is 3.50. The number of nitrogens with zero attached hydrogens (tertiary/aromatic N) is 3. The van der Waals surface area contributed by atoms with Crippen molar-refractivity contribution in [1.82, 2.24) is 9.97 Å². The van der Waals surface area contributed by atoms with Gasteiger partial charge in [-0.25, -0.2) is 14.4 Å². The molecule has 0 aliphatic rings. The Labute approximate surface area is 85.1 Å². The molecule has 0 bridgehead atoms. The van der Waals surface area contributed by atoms with Crippen LogP contribution in [0.25, 0.3) is 0 Å². The van der Waals surface area contributed by atoms with Gasteiger partial charge in [-0.2, -0.15) is 0 Å². The summed E-state index contributed by atoms with van der Waals surface area (Å²) in [6.45, 7) is 2.34. The van der Waals surface area contributed by atoms with Crippen LogP contribution in [0.15, 0.2) is 6.33 Å². The van der Waals surface area contributed by atoms with Crippen LogP contribution in [0.2, 0.25) is 0 Å². The van der Waals surface area contributed by atoms with Gasteiger partial charge in [0.25, 0.3) is 0 Å². The third-order valence-corrected chi connectivity index (χ3v) is 2.08. The number of alkyl halides is 1. The first-order valence-electron chi connectivity index (χ1n) is 3.91. The highest BCUT2D eigenvalue weighted by Gasteiger charge is 2.10. The Morgan fingerprint density at radius 1 is 1.54 bits per heavy atom. The van der Waals surface area contributed by atoms with Crippen LogP contribution >= 0.6 is 15.9 Å². The molecule has 0 aliphatic carbocycles. The molecule has 0 amide bonds. The first kappa shape index (κ1) is 10.4. The topological polar surface area (TPSA) is 29.0 Å². The summed E-state index contributed by atoms with van der Waals surface area (Å²) in [6.07, 6.45) is 1.37. The van der Waals surface area contributed by atoms with Crippen molar-refractivity contribution in [2.45, 2.75) is 6.92 Å². The zero-order valence-corrected chi connectivity index (χ0v) is 9.18. The number of hydrogen-bond donors (Lipinski definition) is 0. The summed E-state index contributed by atoms with van der Waals surface area (Å²) < 4.78 is 13.4. The maximum absolute atomic E-state index is 13.4. The molecule has 1 aromatic heterocycles. The summed E-state index contributed by atoms with van der Waals surface area (Å²) in [5.74, 6) is 0.0119. The van der Waals surface area contributed by atoms with Gasteiger partial charge in [0.2, 0.25) is 0 Å². The molecule has 1 aromatic rings. The predicted molar refractivity (Wildman–Crippen MR) is 53.8 cm³/mol. The number of halogens is 2. The van der Waals surface area contributed by atoms with Crippen LogP contribution < -0.4 is 4.90 Å². The molecular weight excluding hydrogens is 237 g/mol. The summed E-state index contributed by atoms with van der Waals surface area (Å²) in [6, 6.07) is 0. The molecule has 0 N–H and O–H groups in total. The molecular formula is C8H11BrFN3. The van der Waals surface area contributed by atoms with E-state index in [9.17, 15) is 4.39 Å². The second kappa shape index (κ2) is 4.50. The Bertz CT molecular complexity index is 293. The molecule has 0 saturated heterocycles. The SMILES string of the molecule is Cc1ncnc(N(C)CCBr)c1F. The predicted octanol–water partition coefficient (Wildman–Crippen LogP) is 1.76. The van der Waals surface area contributed by atoms with Gasteiger partial charge in [0.05, 0.1) is 5.69 Å². The lowest BCUT2D eigenvalue weighted by atomic mass is 10.4. The van der Waals surface area contributed by atoms with Crippen molar-refractivity contribution in [2.24, 2.45) is 0 Å². The average Bonchev–Trinajstić information content (AvgIpc) is 2.10. The third kappa shape index (κ3) is 2.37. The summed E-state index contributed by atoms with van der Waals surface area (Å²) in [4.78, 5) is 9.38. The van der Waals surface area contributed by atoms with E-state index in [2.05, 4.69) is 25.9 Å². The minimum Gasteiger partial charge on any atom is -0.356 e. The van der Waals surface area contributed by atoms with Crippen molar-refractivity contribution in [3.63, 3.8) is 0 Å². The van der Waals surface area contributed by atoms with E-state index < -0.39 is 0 Å². The lowest BCUT2D eigenvalue weighted by Gasteiger charge is -2.17. The van der Waals surface area contributed by atoms with Crippen molar-refractivity contribution in [3.8, 4) is 0 Å². The Morgan fingerprint density at radius 3 is 2.85 bits per heavy atom. The van der Waals surface area contributed by atoms with Gasteiger partial charge in [-0.1, -0.05) is 15.9 Å². The fourth-order valence-corrected chi connectivity index (χ4v) is 1.48. The molecule has 0 spiro atoms. The Hall–Kier alpha value is -0.710. The first-order valence-corrected chi connectivity index (χ1v) is 5.03. The standard InChI is InChI=1S/C8H11BrFN3/c1-6-7(10)8(12-5-11-6)13(2)4-3-9/h5H,3-4H2,1-2H3. The van der Waals surface area contributed by atoms with Gasteiger partial charge < -0.3 is 4.90 Å². The fourth-order valence-electron chi connectivity index (χ4n) is 0.944. The lowest BCUT2D eigenvalue weighted by molar-refractivity contribution is 0.597. The van der Waals surface area contributed by atoms with Crippen LogP contribution in [-0.2, 0) is 0 Å². The van der Waals surface area contributed by atoms with Crippen molar-refractivity contribution < 1.29 is 4.39 Å². The zero-order valence-electron chi connectivity index (χ0n) is 7.59. The highest BCUT2D eigenvalue weighted by Crippen LogP contribution is 2.15.